The van der Waals surface area contributed by atoms with E-state index in [1.54, 1.807) is 13.0 Å². The van der Waals surface area contributed by atoms with Crippen molar-refractivity contribution >= 4 is 5.78 Å². The SMILES string of the molecule is COC1=CCOC(C)(OC)C1=O. The lowest BCUT2D eigenvalue weighted by Gasteiger charge is -2.29. The normalized spacial score (nSPS) is 29.9. The van der Waals surface area contributed by atoms with Crippen LogP contribution in [0.3, 0.4) is 0 Å². The lowest BCUT2D eigenvalue weighted by molar-refractivity contribution is -0.208. The Balaban J connectivity index is 2.87. The minimum Gasteiger partial charge on any atom is -0.493 e. The molecule has 1 heterocycles. The van der Waals surface area contributed by atoms with Crippen molar-refractivity contribution in [1.82, 2.24) is 0 Å². The Morgan fingerprint density at radius 1 is 1.58 bits per heavy atom. The van der Waals surface area contributed by atoms with Crippen molar-refractivity contribution in [2.45, 2.75) is 12.7 Å². The minimum absolute atomic E-state index is 0.279. The summed E-state index contributed by atoms with van der Waals surface area (Å²) in [6.07, 6.45) is 1.59. The number of methoxy groups -OCH3 is 2. The molecule has 0 saturated carbocycles. The van der Waals surface area contributed by atoms with Crippen molar-refractivity contribution in [2.75, 3.05) is 20.8 Å². The fourth-order valence-electron chi connectivity index (χ4n) is 0.986. The summed E-state index contributed by atoms with van der Waals surface area (Å²) in [6, 6.07) is 0. The molecule has 0 aromatic heterocycles. The first-order valence-corrected chi connectivity index (χ1v) is 3.62. The Hall–Kier alpha value is -0.870. The van der Waals surface area contributed by atoms with E-state index < -0.39 is 5.79 Å². The van der Waals surface area contributed by atoms with Gasteiger partial charge in [-0.1, -0.05) is 0 Å². The van der Waals surface area contributed by atoms with Crippen LogP contribution in [0.15, 0.2) is 11.8 Å². The summed E-state index contributed by atoms with van der Waals surface area (Å²) in [6.45, 7) is 1.90. The summed E-state index contributed by atoms with van der Waals surface area (Å²) in [4.78, 5) is 11.5. The quantitative estimate of drug-likeness (QED) is 0.607. The molecule has 0 saturated heterocycles. The van der Waals surface area contributed by atoms with E-state index >= 15 is 0 Å². The standard InChI is InChI=1S/C8H12O4/c1-8(11-3)7(9)6(10-2)4-5-12-8/h4H,5H2,1-3H3. The van der Waals surface area contributed by atoms with E-state index in [4.69, 9.17) is 14.2 Å². The fourth-order valence-corrected chi connectivity index (χ4v) is 0.986. The first kappa shape index (κ1) is 9.22. The van der Waals surface area contributed by atoms with Crippen molar-refractivity contribution < 1.29 is 19.0 Å². The van der Waals surface area contributed by atoms with Gasteiger partial charge in [-0.05, 0) is 13.0 Å². The monoisotopic (exact) mass is 172 g/mol. The Morgan fingerprint density at radius 2 is 2.25 bits per heavy atom. The van der Waals surface area contributed by atoms with Gasteiger partial charge in [0.15, 0.2) is 5.76 Å². The maximum Gasteiger partial charge on any atom is 0.255 e. The number of rotatable bonds is 2. The molecule has 1 unspecified atom stereocenters. The molecule has 0 radical (unpaired) electrons. The van der Waals surface area contributed by atoms with Crippen LogP contribution in [-0.2, 0) is 19.0 Å². The molecule has 1 atom stereocenters. The van der Waals surface area contributed by atoms with Crippen molar-refractivity contribution in [3.63, 3.8) is 0 Å². The first-order valence-electron chi connectivity index (χ1n) is 3.62. The summed E-state index contributed by atoms with van der Waals surface area (Å²) in [5.41, 5.74) is 0. The molecule has 4 heteroatoms. The zero-order valence-electron chi connectivity index (χ0n) is 7.42. The lowest BCUT2D eigenvalue weighted by atomic mass is 10.1. The Kier molecular flexibility index (Phi) is 2.49. The van der Waals surface area contributed by atoms with Crippen LogP contribution in [0, 0.1) is 0 Å². The molecule has 0 fully saturated rings. The topological polar surface area (TPSA) is 44.8 Å². The van der Waals surface area contributed by atoms with E-state index in [0.29, 0.717) is 12.4 Å². The molecule has 0 aliphatic carbocycles. The molecule has 0 amide bonds. The van der Waals surface area contributed by atoms with Crippen LogP contribution < -0.4 is 0 Å². The van der Waals surface area contributed by atoms with Crippen molar-refractivity contribution in [3.05, 3.63) is 11.8 Å². The second-order valence-electron chi connectivity index (χ2n) is 2.56. The van der Waals surface area contributed by atoms with Crippen LogP contribution in [0.2, 0.25) is 0 Å². The van der Waals surface area contributed by atoms with Crippen molar-refractivity contribution in [1.29, 1.82) is 0 Å². The molecule has 0 spiro atoms. The molecular formula is C8H12O4. The average Bonchev–Trinajstić information content (AvgIpc) is 2.10. The highest BCUT2D eigenvalue weighted by molar-refractivity contribution is 5.99. The molecule has 1 aliphatic heterocycles. The number of ether oxygens (including phenoxy) is 3. The molecule has 0 N–H and O–H groups in total. The number of Topliss-reactive ketones (excluding diaryl/α,β-unsaturated/α-hetero) is 1. The zero-order chi connectivity index (χ0) is 9.19. The third-order valence-electron chi connectivity index (χ3n) is 1.87. The van der Waals surface area contributed by atoms with Crippen molar-refractivity contribution in [3.8, 4) is 0 Å². The molecule has 0 aromatic carbocycles. The molecule has 12 heavy (non-hydrogen) atoms. The lowest BCUT2D eigenvalue weighted by Crippen LogP contribution is -2.44. The van der Waals surface area contributed by atoms with E-state index in [1.165, 1.54) is 14.2 Å². The molecule has 1 rings (SSSR count). The summed E-state index contributed by atoms with van der Waals surface area (Å²) >= 11 is 0. The Bertz CT molecular complexity index is 221. The van der Waals surface area contributed by atoms with Gasteiger partial charge in [0.1, 0.15) is 0 Å². The van der Waals surface area contributed by atoms with E-state index in [0.717, 1.165) is 0 Å². The number of hydrogen-bond acceptors (Lipinski definition) is 4. The smallest absolute Gasteiger partial charge is 0.255 e. The number of ketones is 1. The molecular weight excluding hydrogens is 160 g/mol. The summed E-state index contributed by atoms with van der Waals surface area (Å²) in [5, 5.41) is 0. The maximum atomic E-state index is 11.5. The highest BCUT2D eigenvalue weighted by Crippen LogP contribution is 2.22. The highest BCUT2D eigenvalue weighted by Gasteiger charge is 2.39. The van der Waals surface area contributed by atoms with E-state index in [1.807, 2.05) is 0 Å². The third kappa shape index (κ3) is 1.35. The van der Waals surface area contributed by atoms with Gasteiger partial charge >= 0.3 is 0 Å². The molecule has 4 nitrogen and oxygen atoms in total. The second kappa shape index (κ2) is 3.25. The van der Waals surface area contributed by atoms with Crippen LogP contribution in [0.25, 0.3) is 0 Å². The van der Waals surface area contributed by atoms with Gasteiger partial charge < -0.3 is 14.2 Å². The van der Waals surface area contributed by atoms with E-state index in [2.05, 4.69) is 0 Å². The molecule has 68 valence electrons. The largest absolute Gasteiger partial charge is 0.493 e. The van der Waals surface area contributed by atoms with Crippen LogP contribution in [-0.4, -0.2) is 32.4 Å². The maximum absolute atomic E-state index is 11.5. The second-order valence-corrected chi connectivity index (χ2v) is 2.56. The summed E-state index contributed by atoms with van der Waals surface area (Å²) in [5.74, 6) is -1.16. The van der Waals surface area contributed by atoms with E-state index in [9.17, 15) is 4.79 Å². The number of carbonyl (C=O) groups excluding carboxylic acids is 1. The van der Waals surface area contributed by atoms with Crippen molar-refractivity contribution in [2.24, 2.45) is 0 Å². The fraction of sp³-hybridized carbons (Fsp3) is 0.625. The van der Waals surface area contributed by atoms with Gasteiger partial charge in [-0.3, -0.25) is 4.79 Å². The molecule has 0 aromatic rings. The van der Waals surface area contributed by atoms with E-state index in [-0.39, 0.29) is 5.78 Å². The minimum atomic E-state index is -1.18. The predicted molar refractivity (Wildman–Crippen MR) is 41.5 cm³/mol. The van der Waals surface area contributed by atoms with Gasteiger partial charge in [-0.25, -0.2) is 0 Å². The van der Waals surface area contributed by atoms with Gasteiger partial charge in [0.2, 0.25) is 5.79 Å². The average molecular weight is 172 g/mol. The Morgan fingerprint density at radius 3 is 2.75 bits per heavy atom. The van der Waals surface area contributed by atoms with Crippen LogP contribution in [0.1, 0.15) is 6.92 Å². The first-order chi connectivity index (χ1) is 5.64. The number of carbonyl (C=O) groups is 1. The van der Waals surface area contributed by atoms with Crippen LogP contribution in [0.4, 0.5) is 0 Å². The molecule has 0 bridgehead atoms. The van der Waals surface area contributed by atoms with Gasteiger partial charge in [0.05, 0.1) is 13.7 Å². The predicted octanol–water partition coefficient (Wildman–Crippen LogP) is 0.479. The van der Waals surface area contributed by atoms with Crippen LogP contribution in [0.5, 0.6) is 0 Å². The molecule has 1 aliphatic rings. The third-order valence-corrected chi connectivity index (χ3v) is 1.87. The van der Waals surface area contributed by atoms with Gasteiger partial charge in [-0.15, -0.1) is 0 Å². The van der Waals surface area contributed by atoms with Gasteiger partial charge in [0, 0.05) is 7.11 Å². The highest BCUT2D eigenvalue weighted by atomic mass is 16.7. The van der Waals surface area contributed by atoms with Crippen LogP contribution >= 0.6 is 0 Å². The summed E-state index contributed by atoms with van der Waals surface area (Å²) in [7, 11) is 2.88. The zero-order valence-corrected chi connectivity index (χ0v) is 7.42. The Labute approximate surface area is 71.1 Å². The summed E-state index contributed by atoms with van der Waals surface area (Å²) < 4.78 is 14.9. The number of hydrogen-bond donors (Lipinski definition) is 0. The van der Waals surface area contributed by atoms with Gasteiger partial charge in [-0.2, -0.15) is 0 Å². The van der Waals surface area contributed by atoms with Gasteiger partial charge in [0.25, 0.3) is 5.78 Å².